The third-order valence-corrected chi connectivity index (χ3v) is 1.37. The molecule has 0 aliphatic carbocycles. The molecule has 4 heteroatoms. The Morgan fingerprint density at radius 3 is 2.21 bits per heavy atom. The Morgan fingerprint density at radius 2 is 1.79 bits per heavy atom. The summed E-state index contributed by atoms with van der Waals surface area (Å²) >= 11 is 0. The minimum atomic E-state index is -0.635. The van der Waals surface area contributed by atoms with Crippen LogP contribution in [0.3, 0.4) is 0 Å². The van der Waals surface area contributed by atoms with E-state index in [-0.39, 0.29) is 0 Å². The summed E-state index contributed by atoms with van der Waals surface area (Å²) in [6.07, 6.45) is 0. The van der Waals surface area contributed by atoms with Crippen molar-refractivity contribution >= 4 is 5.78 Å². The summed E-state index contributed by atoms with van der Waals surface area (Å²) in [5.41, 5.74) is 0.384. The van der Waals surface area contributed by atoms with Gasteiger partial charge in [0.1, 0.15) is 0 Å². The number of hydrogen-bond acceptors (Lipinski definition) is 3. The molecule has 0 saturated heterocycles. The number of nitrogens with zero attached hydrogens (tertiary/aromatic N) is 1. The summed E-state index contributed by atoms with van der Waals surface area (Å²) in [6, 6.07) is 8.22. The highest BCUT2D eigenvalue weighted by Crippen LogP contribution is 1.99. The molecule has 0 heterocycles. The SMILES string of the molecule is CC.O=C(C[N+](=O)[O-])c1ccccc1. The summed E-state index contributed by atoms with van der Waals surface area (Å²) in [6.45, 7) is 3.37. The van der Waals surface area contributed by atoms with Crippen molar-refractivity contribution in [2.24, 2.45) is 0 Å². The maximum atomic E-state index is 11.0. The number of benzene rings is 1. The van der Waals surface area contributed by atoms with Crippen molar-refractivity contribution in [1.82, 2.24) is 0 Å². The second kappa shape index (κ2) is 6.77. The third-order valence-electron chi connectivity index (χ3n) is 1.37. The highest BCUT2D eigenvalue weighted by molar-refractivity contribution is 5.96. The average molecular weight is 195 g/mol. The number of carbonyl (C=O) groups is 1. The second-order valence-corrected chi connectivity index (χ2v) is 2.28. The van der Waals surface area contributed by atoms with E-state index in [0.29, 0.717) is 5.56 Å². The summed E-state index contributed by atoms with van der Waals surface area (Å²) < 4.78 is 0. The summed E-state index contributed by atoms with van der Waals surface area (Å²) in [4.78, 5) is 20.4. The lowest BCUT2D eigenvalue weighted by Gasteiger charge is -1.93. The van der Waals surface area contributed by atoms with Crippen LogP contribution in [0.2, 0.25) is 0 Å². The Hall–Kier alpha value is -1.71. The largest absolute Gasteiger partial charge is 0.287 e. The Balaban J connectivity index is 0.000000791. The second-order valence-electron chi connectivity index (χ2n) is 2.28. The molecule has 0 aromatic heterocycles. The number of nitro groups is 1. The van der Waals surface area contributed by atoms with Crippen molar-refractivity contribution in [3.8, 4) is 0 Å². The van der Waals surface area contributed by atoms with Crippen LogP contribution < -0.4 is 0 Å². The molecule has 0 radical (unpaired) electrons. The standard InChI is InChI=1S/C8H7NO3.C2H6/c10-8(6-9(11)12)7-4-2-1-3-5-7;1-2/h1-5H,6H2;1-2H3. The van der Waals surface area contributed by atoms with E-state index >= 15 is 0 Å². The summed E-state index contributed by atoms with van der Waals surface area (Å²) in [5.74, 6) is -0.458. The Kier molecular flexibility index (Phi) is 5.94. The van der Waals surface area contributed by atoms with Crippen LogP contribution in [0.25, 0.3) is 0 Å². The molecule has 0 N–H and O–H groups in total. The smallest absolute Gasteiger partial charge is 0.265 e. The van der Waals surface area contributed by atoms with Crippen LogP contribution >= 0.6 is 0 Å². The molecule has 0 amide bonds. The van der Waals surface area contributed by atoms with Crippen molar-refractivity contribution in [3.63, 3.8) is 0 Å². The van der Waals surface area contributed by atoms with E-state index in [1.54, 1.807) is 30.3 Å². The maximum absolute atomic E-state index is 11.0. The minimum Gasteiger partial charge on any atom is -0.287 e. The van der Waals surface area contributed by atoms with E-state index < -0.39 is 17.3 Å². The lowest BCUT2D eigenvalue weighted by Crippen LogP contribution is -2.13. The van der Waals surface area contributed by atoms with Crippen LogP contribution in [-0.2, 0) is 0 Å². The van der Waals surface area contributed by atoms with E-state index in [0.717, 1.165) is 0 Å². The molecule has 1 aromatic rings. The molecular formula is C10H13NO3. The molecule has 1 aromatic carbocycles. The van der Waals surface area contributed by atoms with Crippen molar-refractivity contribution in [2.75, 3.05) is 6.54 Å². The highest BCUT2D eigenvalue weighted by Gasteiger charge is 2.10. The van der Waals surface area contributed by atoms with Gasteiger partial charge in [-0.1, -0.05) is 44.2 Å². The molecule has 76 valence electrons. The molecule has 14 heavy (non-hydrogen) atoms. The number of carbonyl (C=O) groups excluding carboxylic acids is 1. The number of ketones is 1. The van der Waals surface area contributed by atoms with Gasteiger partial charge in [-0.15, -0.1) is 0 Å². The van der Waals surface area contributed by atoms with Crippen LogP contribution in [-0.4, -0.2) is 17.3 Å². The Bertz CT molecular complexity index is 295. The molecule has 0 fully saturated rings. The Labute approximate surface area is 82.7 Å². The fraction of sp³-hybridized carbons (Fsp3) is 0.300. The first-order valence-corrected chi connectivity index (χ1v) is 4.40. The van der Waals surface area contributed by atoms with E-state index in [1.807, 2.05) is 13.8 Å². The van der Waals surface area contributed by atoms with Gasteiger partial charge < -0.3 is 0 Å². The molecule has 0 atom stereocenters. The molecule has 4 nitrogen and oxygen atoms in total. The van der Waals surface area contributed by atoms with E-state index in [2.05, 4.69) is 0 Å². The van der Waals surface area contributed by atoms with Gasteiger partial charge in [0.15, 0.2) is 0 Å². The van der Waals surface area contributed by atoms with Gasteiger partial charge >= 0.3 is 0 Å². The number of Topliss-reactive ketones (excluding diaryl/α,β-unsaturated/α-hetero) is 1. The monoisotopic (exact) mass is 195 g/mol. The van der Waals surface area contributed by atoms with E-state index in [4.69, 9.17) is 0 Å². The fourth-order valence-corrected chi connectivity index (χ4v) is 0.833. The zero-order chi connectivity index (χ0) is 11.0. The first-order chi connectivity index (χ1) is 6.70. The van der Waals surface area contributed by atoms with Crippen LogP contribution in [0.1, 0.15) is 24.2 Å². The quantitative estimate of drug-likeness (QED) is 0.422. The van der Waals surface area contributed by atoms with Gasteiger partial charge in [-0.25, -0.2) is 0 Å². The fourth-order valence-electron chi connectivity index (χ4n) is 0.833. The van der Waals surface area contributed by atoms with Crippen LogP contribution in [0, 0.1) is 10.1 Å². The molecule has 0 aliphatic heterocycles. The Morgan fingerprint density at radius 1 is 1.29 bits per heavy atom. The van der Waals surface area contributed by atoms with Gasteiger partial charge in [0, 0.05) is 10.5 Å². The molecule has 1 rings (SSSR count). The zero-order valence-electron chi connectivity index (χ0n) is 8.27. The van der Waals surface area contributed by atoms with Crippen molar-refractivity contribution in [2.45, 2.75) is 13.8 Å². The predicted molar refractivity (Wildman–Crippen MR) is 54.0 cm³/mol. The van der Waals surface area contributed by atoms with Gasteiger partial charge in [0.05, 0.1) is 0 Å². The van der Waals surface area contributed by atoms with Crippen LogP contribution in [0.15, 0.2) is 30.3 Å². The summed E-state index contributed by atoms with van der Waals surface area (Å²) in [7, 11) is 0. The van der Waals surface area contributed by atoms with Crippen molar-refractivity contribution < 1.29 is 9.72 Å². The molecular weight excluding hydrogens is 182 g/mol. The molecule has 0 bridgehead atoms. The number of rotatable bonds is 3. The van der Waals surface area contributed by atoms with Gasteiger partial charge in [-0.05, 0) is 0 Å². The van der Waals surface area contributed by atoms with Crippen molar-refractivity contribution in [3.05, 3.63) is 46.0 Å². The first kappa shape index (κ1) is 12.3. The van der Waals surface area contributed by atoms with Crippen LogP contribution in [0.5, 0.6) is 0 Å². The lowest BCUT2D eigenvalue weighted by molar-refractivity contribution is -0.465. The molecule has 0 saturated carbocycles. The van der Waals surface area contributed by atoms with Gasteiger partial charge in [-0.2, -0.15) is 0 Å². The van der Waals surface area contributed by atoms with Gasteiger partial charge in [0.2, 0.25) is 5.78 Å². The molecule has 0 spiro atoms. The summed E-state index contributed by atoms with van der Waals surface area (Å²) in [5, 5.41) is 9.97. The highest BCUT2D eigenvalue weighted by atomic mass is 16.6. The predicted octanol–water partition coefficient (Wildman–Crippen LogP) is 2.17. The van der Waals surface area contributed by atoms with Gasteiger partial charge in [-0.3, -0.25) is 14.9 Å². The van der Waals surface area contributed by atoms with Crippen LogP contribution in [0.4, 0.5) is 0 Å². The lowest BCUT2D eigenvalue weighted by atomic mass is 10.1. The first-order valence-electron chi connectivity index (χ1n) is 4.40. The normalized spacial score (nSPS) is 8.43. The number of hydrogen-bond donors (Lipinski definition) is 0. The molecule has 0 aliphatic rings. The van der Waals surface area contributed by atoms with Crippen molar-refractivity contribution in [1.29, 1.82) is 0 Å². The average Bonchev–Trinajstić information content (AvgIpc) is 2.21. The third kappa shape index (κ3) is 4.35. The zero-order valence-corrected chi connectivity index (χ0v) is 8.27. The maximum Gasteiger partial charge on any atom is 0.265 e. The minimum absolute atomic E-state index is 0.384. The van der Waals surface area contributed by atoms with E-state index in [1.165, 1.54) is 0 Å². The van der Waals surface area contributed by atoms with Gasteiger partial charge in [0.25, 0.3) is 6.54 Å². The molecule has 0 unspecified atom stereocenters. The topological polar surface area (TPSA) is 60.2 Å². The van der Waals surface area contributed by atoms with E-state index in [9.17, 15) is 14.9 Å².